The average molecular weight is 188 g/mol. The first kappa shape index (κ1) is 9.32. The van der Waals surface area contributed by atoms with Gasteiger partial charge in [-0.15, -0.1) is 0 Å². The van der Waals surface area contributed by atoms with Crippen LogP contribution in [0.3, 0.4) is 0 Å². The summed E-state index contributed by atoms with van der Waals surface area (Å²) in [6.07, 6.45) is 8.01. The van der Waals surface area contributed by atoms with Gasteiger partial charge in [0.05, 0.1) is 0 Å². The van der Waals surface area contributed by atoms with Crippen molar-refractivity contribution < 1.29 is 5.11 Å². The number of allylic oxidation sites excluding steroid dienone is 2. The Morgan fingerprint density at radius 2 is 2.21 bits per heavy atom. The van der Waals surface area contributed by atoms with Gasteiger partial charge >= 0.3 is 0 Å². The second-order valence-corrected chi connectivity index (χ2v) is 4.03. The first-order chi connectivity index (χ1) is 6.77. The van der Waals surface area contributed by atoms with Gasteiger partial charge in [-0.2, -0.15) is 0 Å². The molecular formula is C13H16O. The van der Waals surface area contributed by atoms with E-state index in [-0.39, 0.29) is 0 Å². The van der Waals surface area contributed by atoms with Crippen molar-refractivity contribution in [2.45, 2.75) is 32.1 Å². The van der Waals surface area contributed by atoms with Crippen LogP contribution in [-0.4, -0.2) is 5.11 Å². The highest BCUT2D eigenvalue weighted by Crippen LogP contribution is 2.33. The normalized spacial score (nSPS) is 21.1. The summed E-state index contributed by atoms with van der Waals surface area (Å²) in [5.74, 6) is 0.867. The Morgan fingerprint density at radius 1 is 1.36 bits per heavy atom. The minimum Gasteiger partial charge on any atom is -0.508 e. The van der Waals surface area contributed by atoms with E-state index in [2.05, 4.69) is 18.2 Å². The molecule has 0 aromatic heterocycles. The molecule has 14 heavy (non-hydrogen) atoms. The monoisotopic (exact) mass is 188 g/mol. The standard InChI is InChI=1S/C13H16O/c1-10-7-8-12(13(14)9-10)11-5-3-2-4-6-11/h3,5,7-9,11,14H,2,4,6H2,1H3/t11-/m0/s1. The number of aryl methyl sites for hydroxylation is 1. The molecule has 1 heteroatoms. The minimum atomic E-state index is 0.421. The van der Waals surface area contributed by atoms with Crippen LogP contribution >= 0.6 is 0 Å². The average Bonchev–Trinajstić information content (AvgIpc) is 2.19. The molecule has 1 aromatic rings. The summed E-state index contributed by atoms with van der Waals surface area (Å²) in [6, 6.07) is 5.96. The number of rotatable bonds is 1. The van der Waals surface area contributed by atoms with E-state index in [4.69, 9.17) is 0 Å². The summed E-state index contributed by atoms with van der Waals surface area (Å²) in [6.45, 7) is 2.00. The quantitative estimate of drug-likeness (QED) is 0.668. The SMILES string of the molecule is Cc1ccc([C@H]2C=CCCC2)c(O)c1. The molecule has 0 amide bonds. The molecule has 1 aromatic carbocycles. The number of phenols is 1. The molecule has 0 spiro atoms. The molecule has 0 radical (unpaired) electrons. The summed E-state index contributed by atoms with van der Waals surface area (Å²) in [4.78, 5) is 0. The van der Waals surface area contributed by atoms with Crippen molar-refractivity contribution >= 4 is 0 Å². The predicted octanol–water partition coefficient (Wildman–Crippen LogP) is 3.52. The molecular weight excluding hydrogens is 172 g/mol. The highest BCUT2D eigenvalue weighted by molar-refractivity contribution is 5.40. The zero-order valence-corrected chi connectivity index (χ0v) is 8.53. The van der Waals surface area contributed by atoms with Gasteiger partial charge in [0, 0.05) is 11.5 Å². The van der Waals surface area contributed by atoms with E-state index in [1.807, 2.05) is 19.1 Å². The van der Waals surface area contributed by atoms with E-state index in [0.717, 1.165) is 17.5 Å². The Morgan fingerprint density at radius 3 is 2.86 bits per heavy atom. The summed E-state index contributed by atoms with van der Waals surface area (Å²) >= 11 is 0. The molecule has 0 saturated carbocycles. The topological polar surface area (TPSA) is 20.2 Å². The maximum Gasteiger partial charge on any atom is 0.119 e. The van der Waals surface area contributed by atoms with E-state index in [1.54, 1.807) is 0 Å². The number of aromatic hydroxyl groups is 1. The van der Waals surface area contributed by atoms with Crippen molar-refractivity contribution in [1.82, 2.24) is 0 Å². The van der Waals surface area contributed by atoms with E-state index in [9.17, 15) is 5.11 Å². The van der Waals surface area contributed by atoms with Crippen LogP contribution in [0.2, 0.25) is 0 Å². The molecule has 0 bridgehead atoms. The van der Waals surface area contributed by atoms with Crippen molar-refractivity contribution in [2.24, 2.45) is 0 Å². The number of benzene rings is 1. The van der Waals surface area contributed by atoms with Gasteiger partial charge in [-0.3, -0.25) is 0 Å². The highest BCUT2D eigenvalue weighted by Gasteiger charge is 2.14. The smallest absolute Gasteiger partial charge is 0.119 e. The second kappa shape index (κ2) is 3.87. The molecule has 1 nitrogen and oxygen atoms in total. The summed E-state index contributed by atoms with van der Waals surface area (Å²) < 4.78 is 0. The van der Waals surface area contributed by atoms with Gasteiger partial charge in [-0.25, -0.2) is 0 Å². The van der Waals surface area contributed by atoms with Gasteiger partial charge in [-0.05, 0) is 37.8 Å². The lowest BCUT2D eigenvalue weighted by Gasteiger charge is -2.17. The third-order valence-corrected chi connectivity index (χ3v) is 2.84. The number of hydrogen-bond acceptors (Lipinski definition) is 1. The second-order valence-electron chi connectivity index (χ2n) is 4.03. The Kier molecular flexibility index (Phi) is 2.58. The maximum absolute atomic E-state index is 9.81. The summed E-state index contributed by atoms with van der Waals surface area (Å²) in [5, 5.41) is 9.81. The first-order valence-electron chi connectivity index (χ1n) is 5.23. The van der Waals surface area contributed by atoms with Crippen molar-refractivity contribution in [3.8, 4) is 5.75 Å². The van der Waals surface area contributed by atoms with Crippen LogP contribution in [0.25, 0.3) is 0 Å². The van der Waals surface area contributed by atoms with Gasteiger partial charge < -0.3 is 5.11 Å². The van der Waals surface area contributed by atoms with E-state index >= 15 is 0 Å². The van der Waals surface area contributed by atoms with Gasteiger partial charge in [-0.1, -0.05) is 24.3 Å². The lowest BCUT2D eigenvalue weighted by Crippen LogP contribution is -1.99. The lowest BCUT2D eigenvalue weighted by molar-refractivity contribution is 0.461. The fourth-order valence-electron chi connectivity index (χ4n) is 2.04. The third kappa shape index (κ3) is 1.82. The van der Waals surface area contributed by atoms with Crippen LogP contribution in [0.15, 0.2) is 30.4 Å². The Balaban J connectivity index is 2.31. The molecule has 1 aliphatic rings. The number of hydrogen-bond donors (Lipinski definition) is 1. The van der Waals surface area contributed by atoms with Crippen LogP contribution in [0.4, 0.5) is 0 Å². The Labute approximate surface area is 85.1 Å². The third-order valence-electron chi connectivity index (χ3n) is 2.84. The lowest BCUT2D eigenvalue weighted by atomic mass is 9.88. The first-order valence-corrected chi connectivity index (χ1v) is 5.23. The van der Waals surface area contributed by atoms with Crippen LogP contribution < -0.4 is 0 Å². The predicted molar refractivity (Wildman–Crippen MR) is 58.6 cm³/mol. The number of phenolic OH excluding ortho intramolecular Hbond substituents is 1. The van der Waals surface area contributed by atoms with Crippen LogP contribution in [0, 0.1) is 6.92 Å². The minimum absolute atomic E-state index is 0.421. The summed E-state index contributed by atoms with van der Waals surface area (Å²) in [5.41, 5.74) is 2.19. The van der Waals surface area contributed by atoms with E-state index in [0.29, 0.717) is 11.7 Å². The van der Waals surface area contributed by atoms with E-state index in [1.165, 1.54) is 12.8 Å². The molecule has 74 valence electrons. The van der Waals surface area contributed by atoms with Crippen molar-refractivity contribution in [2.75, 3.05) is 0 Å². The van der Waals surface area contributed by atoms with Gasteiger partial charge in [0.15, 0.2) is 0 Å². The molecule has 2 rings (SSSR count). The largest absolute Gasteiger partial charge is 0.508 e. The van der Waals surface area contributed by atoms with Crippen LogP contribution in [0.5, 0.6) is 5.75 Å². The molecule has 0 saturated heterocycles. The zero-order chi connectivity index (χ0) is 9.97. The molecule has 1 atom stereocenters. The zero-order valence-electron chi connectivity index (χ0n) is 8.53. The molecule has 1 aliphatic carbocycles. The van der Waals surface area contributed by atoms with Crippen molar-refractivity contribution in [3.63, 3.8) is 0 Å². The molecule has 0 heterocycles. The van der Waals surface area contributed by atoms with E-state index < -0.39 is 0 Å². The van der Waals surface area contributed by atoms with Crippen LogP contribution in [-0.2, 0) is 0 Å². The fourth-order valence-corrected chi connectivity index (χ4v) is 2.04. The van der Waals surface area contributed by atoms with Gasteiger partial charge in [0.1, 0.15) is 5.75 Å². The summed E-state index contributed by atoms with van der Waals surface area (Å²) in [7, 11) is 0. The maximum atomic E-state index is 9.81. The Hall–Kier alpha value is -1.24. The van der Waals surface area contributed by atoms with Crippen molar-refractivity contribution in [3.05, 3.63) is 41.5 Å². The highest BCUT2D eigenvalue weighted by atomic mass is 16.3. The van der Waals surface area contributed by atoms with Crippen LogP contribution in [0.1, 0.15) is 36.3 Å². The van der Waals surface area contributed by atoms with Gasteiger partial charge in [0.25, 0.3) is 0 Å². The van der Waals surface area contributed by atoms with Crippen molar-refractivity contribution in [1.29, 1.82) is 0 Å². The fraction of sp³-hybridized carbons (Fsp3) is 0.385. The molecule has 1 N–H and O–H groups in total. The Bertz CT molecular complexity index is 352. The molecule has 0 fully saturated rings. The molecule has 0 aliphatic heterocycles. The molecule has 0 unspecified atom stereocenters. The van der Waals surface area contributed by atoms with Gasteiger partial charge in [0.2, 0.25) is 0 Å².